The SMILES string of the molecule is CC[C@H](C(=O)NC)N(CCc1ccccc1)C(=O)CN(c1cccc(Cl)c1C)S(=O)(=O)c1ccc(C)cc1. The van der Waals surface area contributed by atoms with E-state index in [1.54, 1.807) is 37.3 Å². The van der Waals surface area contributed by atoms with Crippen LogP contribution in [0.4, 0.5) is 5.69 Å². The summed E-state index contributed by atoms with van der Waals surface area (Å²) in [6, 6.07) is 20.3. The molecule has 0 fully saturated rings. The molecule has 9 heteroatoms. The molecule has 0 unspecified atom stereocenters. The number of hydrogen-bond acceptors (Lipinski definition) is 4. The van der Waals surface area contributed by atoms with Crippen molar-refractivity contribution in [2.45, 2.75) is 44.6 Å². The van der Waals surface area contributed by atoms with Crippen LogP contribution in [0.15, 0.2) is 77.7 Å². The number of sulfonamides is 1. The van der Waals surface area contributed by atoms with E-state index in [-0.39, 0.29) is 17.3 Å². The van der Waals surface area contributed by atoms with Gasteiger partial charge in [0.1, 0.15) is 12.6 Å². The Balaban J connectivity index is 2.05. The van der Waals surface area contributed by atoms with Crippen molar-refractivity contribution in [1.29, 1.82) is 0 Å². The number of likely N-dealkylation sites (N-methyl/N-ethyl adjacent to an activating group) is 1. The van der Waals surface area contributed by atoms with Crippen molar-refractivity contribution in [3.63, 3.8) is 0 Å². The first kappa shape index (κ1) is 29.2. The molecule has 0 radical (unpaired) electrons. The lowest BCUT2D eigenvalue weighted by molar-refractivity contribution is -0.139. The van der Waals surface area contributed by atoms with Crippen molar-refractivity contribution in [2.24, 2.45) is 0 Å². The summed E-state index contributed by atoms with van der Waals surface area (Å²) in [5.74, 6) is -0.785. The molecule has 0 aromatic heterocycles. The van der Waals surface area contributed by atoms with Crippen LogP contribution in [0.25, 0.3) is 0 Å². The lowest BCUT2D eigenvalue weighted by atomic mass is 10.1. The number of carbonyl (C=O) groups is 2. The molecule has 0 heterocycles. The summed E-state index contributed by atoms with van der Waals surface area (Å²) in [5, 5.41) is 3.02. The molecule has 0 aliphatic rings. The summed E-state index contributed by atoms with van der Waals surface area (Å²) in [6.07, 6.45) is 0.891. The molecule has 38 heavy (non-hydrogen) atoms. The third-order valence-corrected chi connectivity index (χ3v) is 8.70. The number of benzene rings is 3. The standard InChI is InChI=1S/C29H34ClN3O4S/c1-5-26(29(35)31-4)32(19-18-23-10-7-6-8-11-23)28(34)20-33(27-13-9-12-25(30)22(27)3)38(36,37)24-16-14-21(2)15-17-24/h6-17,26H,5,18-20H2,1-4H3,(H,31,35)/t26-/m1/s1. The van der Waals surface area contributed by atoms with E-state index in [1.165, 1.54) is 24.1 Å². The molecule has 3 aromatic rings. The predicted octanol–water partition coefficient (Wildman–Crippen LogP) is 4.75. The highest BCUT2D eigenvalue weighted by molar-refractivity contribution is 7.92. The normalized spacial score (nSPS) is 12.0. The van der Waals surface area contributed by atoms with Crippen LogP contribution in [0.2, 0.25) is 5.02 Å². The number of carbonyl (C=O) groups excluding carboxylic acids is 2. The quantitative estimate of drug-likeness (QED) is 0.370. The second-order valence-corrected chi connectivity index (χ2v) is 11.3. The molecule has 0 spiro atoms. The summed E-state index contributed by atoms with van der Waals surface area (Å²) >= 11 is 6.35. The number of amides is 2. The van der Waals surface area contributed by atoms with Gasteiger partial charge in [-0.2, -0.15) is 0 Å². The van der Waals surface area contributed by atoms with Crippen molar-refractivity contribution in [2.75, 3.05) is 24.4 Å². The third kappa shape index (κ3) is 6.74. The van der Waals surface area contributed by atoms with Gasteiger partial charge in [0, 0.05) is 18.6 Å². The number of nitrogens with one attached hydrogen (secondary N) is 1. The van der Waals surface area contributed by atoms with E-state index in [0.29, 0.717) is 29.1 Å². The minimum Gasteiger partial charge on any atom is -0.357 e. The fraction of sp³-hybridized carbons (Fsp3) is 0.310. The maximum Gasteiger partial charge on any atom is 0.264 e. The Labute approximate surface area is 230 Å². The molecule has 3 rings (SSSR count). The monoisotopic (exact) mass is 555 g/mol. The van der Waals surface area contributed by atoms with Crippen molar-refractivity contribution < 1.29 is 18.0 Å². The molecule has 0 bridgehead atoms. The topological polar surface area (TPSA) is 86.8 Å². The summed E-state index contributed by atoms with van der Waals surface area (Å²) in [4.78, 5) is 28.2. The van der Waals surface area contributed by atoms with Gasteiger partial charge in [0.25, 0.3) is 10.0 Å². The van der Waals surface area contributed by atoms with Crippen LogP contribution < -0.4 is 9.62 Å². The van der Waals surface area contributed by atoms with Gasteiger partial charge >= 0.3 is 0 Å². The van der Waals surface area contributed by atoms with Gasteiger partial charge in [-0.15, -0.1) is 0 Å². The molecular weight excluding hydrogens is 522 g/mol. The maximum atomic E-state index is 13.9. The van der Waals surface area contributed by atoms with E-state index >= 15 is 0 Å². The van der Waals surface area contributed by atoms with E-state index in [1.807, 2.05) is 44.2 Å². The Hall–Kier alpha value is -3.36. The van der Waals surface area contributed by atoms with Gasteiger partial charge in [0.2, 0.25) is 11.8 Å². The zero-order valence-corrected chi connectivity index (χ0v) is 23.7. The molecule has 202 valence electrons. The first-order valence-corrected chi connectivity index (χ1v) is 14.3. The van der Waals surface area contributed by atoms with Gasteiger partial charge in [-0.05, 0) is 62.1 Å². The maximum absolute atomic E-state index is 13.9. The third-order valence-electron chi connectivity index (χ3n) is 6.51. The Morgan fingerprint density at radius 2 is 1.61 bits per heavy atom. The largest absolute Gasteiger partial charge is 0.357 e. The van der Waals surface area contributed by atoms with E-state index in [0.717, 1.165) is 15.4 Å². The van der Waals surface area contributed by atoms with Crippen molar-refractivity contribution in [3.05, 3.63) is 94.5 Å². The Kier molecular flexibility index (Phi) is 9.94. The number of anilines is 1. The number of hydrogen-bond donors (Lipinski definition) is 1. The van der Waals surface area contributed by atoms with E-state index in [4.69, 9.17) is 11.6 Å². The van der Waals surface area contributed by atoms with Gasteiger partial charge in [0.05, 0.1) is 10.6 Å². The first-order valence-electron chi connectivity index (χ1n) is 12.5. The zero-order valence-electron chi connectivity index (χ0n) is 22.1. The Bertz CT molecular complexity index is 1360. The fourth-order valence-electron chi connectivity index (χ4n) is 4.28. The molecule has 3 aromatic carbocycles. The average molecular weight is 556 g/mol. The molecule has 0 saturated heterocycles. The second-order valence-electron chi connectivity index (χ2n) is 9.07. The molecule has 2 amide bonds. The van der Waals surface area contributed by atoms with E-state index in [9.17, 15) is 18.0 Å². The first-order chi connectivity index (χ1) is 18.1. The van der Waals surface area contributed by atoms with Crippen molar-refractivity contribution >= 4 is 39.1 Å². The smallest absolute Gasteiger partial charge is 0.264 e. The van der Waals surface area contributed by atoms with Crippen LogP contribution in [0, 0.1) is 13.8 Å². The lowest BCUT2D eigenvalue weighted by Crippen LogP contribution is -2.52. The summed E-state index contributed by atoms with van der Waals surface area (Å²) in [6.45, 7) is 5.17. The lowest BCUT2D eigenvalue weighted by Gasteiger charge is -2.33. The molecule has 0 saturated carbocycles. The predicted molar refractivity (Wildman–Crippen MR) is 152 cm³/mol. The van der Waals surface area contributed by atoms with Gasteiger partial charge in [-0.3, -0.25) is 13.9 Å². The number of rotatable bonds is 11. The van der Waals surface area contributed by atoms with E-state index in [2.05, 4.69) is 5.32 Å². The molecular formula is C29H34ClN3O4S. The fourth-order valence-corrected chi connectivity index (χ4v) is 5.92. The number of halogens is 1. The number of aryl methyl sites for hydroxylation is 1. The van der Waals surface area contributed by atoms with Gasteiger partial charge in [-0.1, -0.05) is 72.6 Å². The minimum atomic E-state index is -4.14. The summed E-state index contributed by atoms with van der Waals surface area (Å²) in [5.41, 5.74) is 2.76. The summed E-state index contributed by atoms with van der Waals surface area (Å²) < 4.78 is 28.9. The van der Waals surface area contributed by atoms with Crippen LogP contribution in [0.1, 0.15) is 30.0 Å². The molecule has 1 atom stereocenters. The zero-order chi connectivity index (χ0) is 27.9. The summed E-state index contributed by atoms with van der Waals surface area (Å²) in [7, 11) is -2.62. The van der Waals surface area contributed by atoms with Gasteiger partial charge in [0.15, 0.2) is 0 Å². The molecule has 0 aliphatic carbocycles. The van der Waals surface area contributed by atoms with Crippen LogP contribution >= 0.6 is 11.6 Å². The van der Waals surface area contributed by atoms with Crippen LogP contribution in [-0.2, 0) is 26.0 Å². The highest BCUT2D eigenvalue weighted by Crippen LogP contribution is 2.31. The van der Waals surface area contributed by atoms with Crippen LogP contribution in [-0.4, -0.2) is 51.3 Å². The Morgan fingerprint density at radius 3 is 2.21 bits per heavy atom. The van der Waals surface area contributed by atoms with Crippen LogP contribution in [0.5, 0.6) is 0 Å². The van der Waals surface area contributed by atoms with Gasteiger partial charge < -0.3 is 10.2 Å². The average Bonchev–Trinajstić information content (AvgIpc) is 2.91. The van der Waals surface area contributed by atoms with Crippen molar-refractivity contribution in [3.8, 4) is 0 Å². The van der Waals surface area contributed by atoms with Gasteiger partial charge in [-0.25, -0.2) is 8.42 Å². The molecule has 1 N–H and O–H groups in total. The van der Waals surface area contributed by atoms with Crippen molar-refractivity contribution in [1.82, 2.24) is 10.2 Å². The van der Waals surface area contributed by atoms with E-state index < -0.39 is 28.5 Å². The highest BCUT2D eigenvalue weighted by Gasteiger charge is 2.33. The Morgan fingerprint density at radius 1 is 0.947 bits per heavy atom. The minimum absolute atomic E-state index is 0.0597. The van der Waals surface area contributed by atoms with Crippen LogP contribution in [0.3, 0.4) is 0 Å². The molecule has 0 aliphatic heterocycles. The highest BCUT2D eigenvalue weighted by atomic mass is 35.5. The number of nitrogens with zero attached hydrogens (tertiary/aromatic N) is 2. The molecule has 7 nitrogen and oxygen atoms in total. The second kappa shape index (κ2) is 12.9.